The van der Waals surface area contributed by atoms with Gasteiger partial charge in [-0.2, -0.15) is 0 Å². The zero-order valence-corrected chi connectivity index (χ0v) is 16.2. The second-order valence-electron chi connectivity index (χ2n) is 8.08. The summed E-state index contributed by atoms with van der Waals surface area (Å²) < 4.78 is 8.16. The second-order valence-corrected chi connectivity index (χ2v) is 18.1. The van der Waals surface area contributed by atoms with Gasteiger partial charge in [0.2, 0.25) is 0 Å². The van der Waals surface area contributed by atoms with Crippen molar-refractivity contribution in [1.82, 2.24) is 15.0 Å². The highest BCUT2D eigenvalue weighted by atomic mass is 32.3. The summed E-state index contributed by atoms with van der Waals surface area (Å²) in [7, 11) is -1.91. The molecule has 0 aliphatic heterocycles. The molecule has 1 heterocycles. The van der Waals surface area contributed by atoms with E-state index in [1.165, 1.54) is 0 Å². The lowest BCUT2D eigenvalue weighted by Crippen LogP contribution is -2.28. The molecule has 0 amide bonds. The molecule has 0 bridgehead atoms. The topological polar surface area (TPSA) is 39.9 Å². The molecule has 0 unspecified atom stereocenters. The molecule has 118 valence electrons. The van der Waals surface area contributed by atoms with Crippen LogP contribution in [0.25, 0.3) is 0 Å². The molecule has 0 aliphatic rings. The molecular formula is C14H31N3OSSi. The van der Waals surface area contributed by atoms with E-state index in [2.05, 4.69) is 63.2 Å². The Kier molecular flexibility index (Phi) is 5.49. The largest absolute Gasteiger partial charge is 0.366 e. The average Bonchev–Trinajstić information content (AvgIpc) is 2.60. The first-order valence-corrected chi connectivity index (χ1v) is 13.4. The van der Waals surface area contributed by atoms with Crippen molar-refractivity contribution in [2.24, 2.45) is 0 Å². The van der Waals surface area contributed by atoms with Crippen molar-refractivity contribution in [2.75, 3.05) is 18.5 Å². The maximum absolute atomic E-state index is 5.89. The van der Waals surface area contributed by atoms with Crippen molar-refractivity contribution in [3.63, 3.8) is 0 Å². The third-order valence-electron chi connectivity index (χ3n) is 3.51. The molecule has 0 saturated carbocycles. The number of aromatic nitrogens is 3. The molecule has 0 aliphatic carbocycles. The van der Waals surface area contributed by atoms with E-state index in [1.807, 2.05) is 10.9 Å². The van der Waals surface area contributed by atoms with Crippen LogP contribution >= 0.6 is 10.0 Å². The Labute approximate surface area is 126 Å². The van der Waals surface area contributed by atoms with Crippen LogP contribution in [0.3, 0.4) is 0 Å². The van der Waals surface area contributed by atoms with E-state index in [9.17, 15) is 0 Å². The van der Waals surface area contributed by atoms with Crippen LogP contribution < -0.4 is 0 Å². The van der Waals surface area contributed by atoms with Crippen molar-refractivity contribution in [2.45, 2.75) is 57.9 Å². The minimum Gasteiger partial charge on any atom is -0.366 e. The van der Waals surface area contributed by atoms with Crippen LogP contribution in [0, 0.1) is 0 Å². The highest BCUT2D eigenvalue weighted by molar-refractivity contribution is 8.33. The van der Waals surface area contributed by atoms with Crippen LogP contribution in [0.2, 0.25) is 19.6 Å². The van der Waals surface area contributed by atoms with Gasteiger partial charge in [0.25, 0.3) is 0 Å². The molecule has 1 aromatic heterocycles. The average molecular weight is 318 g/mol. The lowest BCUT2D eigenvalue weighted by atomic mass is 10.3. The second kappa shape index (κ2) is 6.20. The predicted octanol–water partition coefficient (Wildman–Crippen LogP) is 3.49. The van der Waals surface area contributed by atoms with Crippen LogP contribution in [0.4, 0.5) is 0 Å². The first-order chi connectivity index (χ1) is 8.91. The van der Waals surface area contributed by atoms with E-state index in [4.69, 9.17) is 4.74 Å². The fourth-order valence-corrected chi connectivity index (χ4v) is 3.48. The Hall–Kier alpha value is -0.333. The lowest BCUT2D eigenvalue weighted by Gasteiger charge is -2.44. The zero-order valence-electron chi connectivity index (χ0n) is 14.4. The molecule has 0 fully saturated rings. The molecule has 1 aromatic rings. The van der Waals surface area contributed by atoms with E-state index in [0.29, 0.717) is 11.4 Å². The Morgan fingerprint density at radius 1 is 1.25 bits per heavy atom. The highest BCUT2D eigenvalue weighted by Crippen LogP contribution is 2.52. The first-order valence-electron chi connectivity index (χ1n) is 7.08. The number of rotatable bonds is 6. The summed E-state index contributed by atoms with van der Waals surface area (Å²) in [4.78, 5) is 0. The molecule has 6 heteroatoms. The Morgan fingerprint density at radius 3 is 2.35 bits per heavy atom. The van der Waals surface area contributed by atoms with Gasteiger partial charge < -0.3 is 4.74 Å². The van der Waals surface area contributed by atoms with E-state index < -0.39 is 18.1 Å². The molecule has 4 nitrogen and oxygen atoms in total. The lowest BCUT2D eigenvalue weighted by molar-refractivity contribution is 0.163. The van der Waals surface area contributed by atoms with Gasteiger partial charge in [-0.15, -0.1) is 5.10 Å². The van der Waals surface area contributed by atoms with E-state index in [-0.39, 0.29) is 0 Å². The Balaban J connectivity index is 2.48. The highest BCUT2D eigenvalue weighted by Gasteiger charge is 2.27. The molecule has 0 radical (unpaired) electrons. The van der Waals surface area contributed by atoms with Crippen molar-refractivity contribution in [3.05, 3.63) is 11.9 Å². The third-order valence-corrected chi connectivity index (χ3v) is 8.85. The molecule has 20 heavy (non-hydrogen) atoms. The quantitative estimate of drug-likeness (QED) is 0.754. The number of hydrogen-bond donors (Lipinski definition) is 0. The Bertz CT molecular complexity index is 432. The van der Waals surface area contributed by atoms with Crippen LogP contribution in [0.5, 0.6) is 0 Å². The van der Waals surface area contributed by atoms with Gasteiger partial charge in [0, 0.05) is 6.17 Å². The monoisotopic (exact) mass is 317 g/mol. The normalized spacial score (nSPS) is 14.6. The van der Waals surface area contributed by atoms with Crippen molar-refractivity contribution < 1.29 is 4.74 Å². The summed E-state index contributed by atoms with van der Waals surface area (Å²) in [6.45, 7) is 14.4. The number of hydrogen-bond acceptors (Lipinski definition) is 3. The maximum atomic E-state index is 5.89. The van der Waals surface area contributed by atoms with Crippen molar-refractivity contribution in [1.29, 1.82) is 0 Å². The SMILES string of the molecule is CC(C)(C)S(C)(C)COCc1cn(C[Si](C)(C)C)nn1. The summed E-state index contributed by atoms with van der Waals surface area (Å²) in [5.74, 6) is 0.817. The van der Waals surface area contributed by atoms with Crippen molar-refractivity contribution >= 4 is 18.1 Å². The summed E-state index contributed by atoms with van der Waals surface area (Å²) in [5, 5.41) is 8.40. The summed E-state index contributed by atoms with van der Waals surface area (Å²) >= 11 is 0. The molecule has 0 N–H and O–H groups in total. The van der Waals surface area contributed by atoms with Crippen LogP contribution in [-0.4, -0.2) is 46.3 Å². The maximum Gasteiger partial charge on any atom is 0.108 e. The van der Waals surface area contributed by atoms with Gasteiger partial charge in [0.1, 0.15) is 5.69 Å². The molecule has 0 aromatic carbocycles. The summed E-state index contributed by atoms with van der Waals surface area (Å²) in [5.41, 5.74) is 0.937. The fourth-order valence-electron chi connectivity index (χ4n) is 1.50. The van der Waals surface area contributed by atoms with Crippen molar-refractivity contribution in [3.8, 4) is 0 Å². The number of nitrogens with zero attached hydrogens (tertiary/aromatic N) is 3. The minimum atomic E-state index is -1.15. The van der Waals surface area contributed by atoms with Gasteiger partial charge in [-0.1, -0.05) is 45.6 Å². The standard InChI is InChI=1S/C14H31N3OSSi/c1-14(2,3)19(4,5)12-18-10-13-9-17(16-15-13)11-20(6,7)8/h9H,10-12H2,1-8H3. The van der Waals surface area contributed by atoms with Crippen LogP contribution in [0.1, 0.15) is 26.5 Å². The van der Waals surface area contributed by atoms with Gasteiger partial charge >= 0.3 is 0 Å². The molecule has 0 spiro atoms. The predicted molar refractivity (Wildman–Crippen MR) is 92.2 cm³/mol. The smallest absolute Gasteiger partial charge is 0.108 e. The zero-order chi connectivity index (χ0) is 15.6. The summed E-state index contributed by atoms with van der Waals surface area (Å²) in [6.07, 6.45) is 7.69. The van der Waals surface area contributed by atoms with Crippen LogP contribution in [0.15, 0.2) is 6.20 Å². The molecule has 0 atom stereocenters. The van der Waals surface area contributed by atoms with Gasteiger partial charge in [-0.3, -0.25) is 4.68 Å². The fraction of sp³-hybridized carbons (Fsp3) is 0.857. The molecule has 1 rings (SSSR count). The summed E-state index contributed by atoms with van der Waals surface area (Å²) in [6, 6.07) is 0. The number of ether oxygens (including phenoxy) is 1. The Morgan fingerprint density at radius 2 is 1.85 bits per heavy atom. The van der Waals surface area contributed by atoms with E-state index in [1.54, 1.807) is 0 Å². The van der Waals surface area contributed by atoms with Gasteiger partial charge in [-0.25, -0.2) is 10.0 Å². The van der Waals surface area contributed by atoms with Gasteiger partial charge in [-0.05, 0) is 17.3 Å². The van der Waals surface area contributed by atoms with Crippen LogP contribution in [-0.2, 0) is 17.5 Å². The van der Waals surface area contributed by atoms with E-state index in [0.717, 1.165) is 17.8 Å². The van der Waals surface area contributed by atoms with E-state index >= 15 is 0 Å². The molecular weight excluding hydrogens is 286 g/mol. The van der Waals surface area contributed by atoms with Gasteiger partial charge in [0.15, 0.2) is 0 Å². The third kappa shape index (κ3) is 5.58. The minimum absolute atomic E-state index is 0.308. The first kappa shape index (κ1) is 17.7. The molecule has 0 saturated heterocycles. The van der Waals surface area contributed by atoms with Gasteiger partial charge in [0.05, 0.1) is 26.8 Å².